The average Bonchev–Trinajstić information content (AvgIpc) is 2.93. The third kappa shape index (κ3) is 7.59. The highest BCUT2D eigenvalue weighted by atomic mass is 35.5. The molecule has 194 valence electrons. The number of ether oxygens (including phenoxy) is 1. The molecule has 0 heterocycles. The van der Waals surface area contributed by atoms with E-state index in [1.807, 2.05) is 78.9 Å². The van der Waals surface area contributed by atoms with Crippen molar-refractivity contribution in [3.63, 3.8) is 0 Å². The van der Waals surface area contributed by atoms with E-state index in [1.165, 1.54) is 6.42 Å². The summed E-state index contributed by atoms with van der Waals surface area (Å²) >= 11 is 6.51. The number of benzene rings is 3. The maximum atomic E-state index is 13.9. The summed E-state index contributed by atoms with van der Waals surface area (Å²) in [4.78, 5) is 29.4. The normalized spacial score (nSPS) is 14.5. The molecule has 0 aliphatic heterocycles. The molecule has 6 heteroatoms. The highest BCUT2D eigenvalue weighted by molar-refractivity contribution is 6.31. The summed E-state index contributed by atoms with van der Waals surface area (Å²) in [5, 5.41) is 3.85. The van der Waals surface area contributed by atoms with Crippen LogP contribution in [0.15, 0.2) is 78.9 Å². The van der Waals surface area contributed by atoms with Crippen molar-refractivity contribution in [3.8, 4) is 5.75 Å². The molecule has 0 unspecified atom stereocenters. The fraction of sp³-hybridized carbons (Fsp3) is 0.355. The molecule has 0 spiro atoms. The summed E-state index contributed by atoms with van der Waals surface area (Å²) in [6.45, 7) is 0.254. The smallest absolute Gasteiger partial charge is 0.243 e. The molecule has 1 saturated carbocycles. The van der Waals surface area contributed by atoms with Crippen LogP contribution in [0.3, 0.4) is 0 Å². The van der Waals surface area contributed by atoms with Crippen LogP contribution in [-0.4, -0.2) is 35.9 Å². The second kappa shape index (κ2) is 13.3. The summed E-state index contributed by atoms with van der Waals surface area (Å²) in [5.74, 6) is 0.508. The van der Waals surface area contributed by atoms with Gasteiger partial charge in [0.25, 0.3) is 0 Å². The first-order chi connectivity index (χ1) is 18.0. The van der Waals surface area contributed by atoms with E-state index >= 15 is 0 Å². The standard InChI is InChI=1S/C31H35ClN2O3/c1-37-27-18-16-24(17-19-27)21-30(35)34(22-25-12-8-9-15-28(25)32)29(20-23-10-4-2-5-11-23)31(36)33-26-13-6-3-7-14-26/h2,4-5,8-12,15-19,26,29H,3,6-7,13-14,20-22H2,1H3,(H,33,36)/t29-/m0/s1. The topological polar surface area (TPSA) is 58.6 Å². The molecule has 5 nitrogen and oxygen atoms in total. The van der Waals surface area contributed by atoms with Gasteiger partial charge in [-0.2, -0.15) is 0 Å². The lowest BCUT2D eigenvalue weighted by Gasteiger charge is -2.33. The number of rotatable bonds is 10. The fourth-order valence-electron chi connectivity index (χ4n) is 4.93. The first kappa shape index (κ1) is 26.7. The number of carbonyl (C=O) groups excluding carboxylic acids is 2. The average molecular weight is 519 g/mol. The number of halogens is 1. The zero-order valence-electron chi connectivity index (χ0n) is 21.4. The summed E-state index contributed by atoms with van der Waals surface area (Å²) < 4.78 is 5.26. The number of hydrogen-bond donors (Lipinski definition) is 1. The number of methoxy groups -OCH3 is 1. The Morgan fingerprint density at radius 2 is 1.59 bits per heavy atom. The molecule has 1 atom stereocenters. The van der Waals surface area contributed by atoms with Crippen LogP contribution in [0.5, 0.6) is 5.75 Å². The van der Waals surface area contributed by atoms with E-state index in [2.05, 4.69) is 5.32 Å². The first-order valence-corrected chi connectivity index (χ1v) is 13.4. The van der Waals surface area contributed by atoms with Crippen LogP contribution in [0.4, 0.5) is 0 Å². The minimum absolute atomic E-state index is 0.106. The minimum Gasteiger partial charge on any atom is -0.497 e. The molecule has 3 aromatic rings. The molecule has 1 N–H and O–H groups in total. The summed E-state index contributed by atoms with van der Waals surface area (Å²) in [6, 6.07) is 24.3. The van der Waals surface area contributed by atoms with Crippen molar-refractivity contribution in [2.24, 2.45) is 0 Å². The van der Waals surface area contributed by atoms with Crippen molar-refractivity contribution in [2.75, 3.05) is 7.11 Å². The van der Waals surface area contributed by atoms with Gasteiger partial charge in [0.2, 0.25) is 11.8 Å². The zero-order valence-corrected chi connectivity index (χ0v) is 22.1. The summed E-state index contributed by atoms with van der Waals surface area (Å²) in [7, 11) is 1.62. The lowest BCUT2D eigenvalue weighted by molar-refractivity contribution is -0.141. The number of hydrogen-bond acceptors (Lipinski definition) is 3. The third-order valence-electron chi connectivity index (χ3n) is 7.04. The molecule has 0 saturated heterocycles. The van der Waals surface area contributed by atoms with E-state index in [0.29, 0.717) is 11.4 Å². The van der Waals surface area contributed by atoms with Crippen molar-refractivity contribution >= 4 is 23.4 Å². The van der Waals surface area contributed by atoms with Crippen LogP contribution < -0.4 is 10.1 Å². The van der Waals surface area contributed by atoms with Crippen molar-refractivity contribution in [1.29, 1.82) is 0 Å². The Bertz CT molecular complexity index is 1160. The number of carbonyl (C=O) groups is 2. The van der Waals surface area contributed by atoms with Gasteiger partial charge in [-0.05, 0) is 47.7 Å². The summed E-state index contributed by atoms with van der Waals surface area (Å²) in [6.07, 6.45) is 6.01. The van der Waals surface area contributed by atoms with Gasteiger partial charge in [0.1, 0.15) is 11.8 Å². The van der Waals surface area contributed by atoms with Crippen molar-refractivity contribution < 1.29 is 14.3 Å². The Morgan fingerprint density at radius 1 is 0.919 bits per heavy atom. The second-order valence-corrected chi connectivity index (χ2v) is 10.1. The largest absolute Gasteiger partial charge is 0.497 e. The van der Waals surface area contributed by atoms with E-state index in [9.17, 15) is 9.59 Å². The maximum Gasteiger partial charge on any atom is 0.243 e. The van der Waals surface area contributed by atoms with Crippen LogP contribution in [-0.2, 0) is 29.0 Å². The molecule has 1 aliphatic rings. The van der Waals surface area contributed by atoms with Crippen LogP contribution in [0.2, 0.25) is 5.02 Å². The maximum absolute atomic E-state index is 13.9. The van der Waals surface area contributed by atoms with Crippen LogP contribution in [0.25, 0.3) is 0 Å². The Kier molecular flexibility index (Phi) is 9.61. The van der Waals surface area contributed by atoms with E-state index < -0.39 is 6.04 Å². The quantitative estimate of drug-likeness (QED) is 0.359. The lowest BCUT2D eigenvalue weighted by atomic mass is 9.94. The Hall–Kier alpha value is -3.31. The molecule has 3 aromatic carbocycles. The van der Waals surface area contributed by atoms with E-state index in [1.54, 1.807) is 12.0 Å². The predicted molar refractivity (Wildman–Crippen MR) is 148 cm³/mol. The van der Waals surface area contributed by atoms with Crippen LogP contribution in [0, 0.1) is 0 Å². The predicted octanol–water partition coefficient (Wildman–Crippen LogP) is 5.98. The molecule has 1 fully saturated rings. The molecule has 0 aromatic heterocycles. The van der Waals surface area contributed by atoms with Gasteiger partial charge in [0, 0.05) is 24.0 Å². The Morgan fingerprint density at radius 3 is 2.27 bits per heavy atom. The SMILES string of the molecule is COc1ccc(CC(=O)N(Cc2ccccc2Cl)[C@@H](Cc2ccccc2)C(=O)NC2CCCCC2)cc1. The fourth-order valence-corrected chi connectivity index (χ4v) is 5.12. The van der Waals surface area contributed by atoms with Crippen molar-refractivity contribution in [1.82, 2.24) is 10.2 Å². The van der Waals surface area contributed by atoms with Gasteiger partial charge in [-0.1, -0.05) is 91.5 Å². The molecule has 0 bridgehead atoms. The Balaban J connectivity index is 1.65. The highest BCUT2D eigenvalue weighted by Crippen LogP contribution is 2.23. The Labute approximate surface area is 224 Å². The van der Waals surface area contributed by atoms with Gasteiger partial charge >= 0.3 is 0 Å². The van der Waals surface area contributed by atoms with Gasteiger partial charge in [-0.3, -0.25) is 9.59 Å². The highest BCUT2D eigenvalue weighted by Gasteiger charge is 2.32. The van der Waals surface area contributed by atoms with Crippen molar-refractivity contribution in [2.45, 2.75) is 63.6 Å². The lowest BCUT2D eigenvalue weighted by Crippen LogP contribution is -2.53. The van der Waals surface area contributed by atoms with Gasteiger partial charge in [0.05, 0.1) is 13.5 Å². The molecule has 37 heavy (non-hydrogen) atoms. The third-order valence-corrected chi connectivity index (χ3v) is 7.40. The van der Waals surface area contributed by atoms with E-state index in [-0.39, 0.29) is 30.8 Å². The van der Waals surface area contributed by atoms with Gasteiger partial charge in [0.15, 0.2) is 0 Å². The first-order valence-electron chi connectivity index (χ1n) is 13.0. The monoisotopic (exact) mass is 518 g/mol. The number of nitrogens with one attached hydrogen (secondary N) is 1. The minimum atomic E-state index is -0.661. The molecule has 2 amide bonds. The van der Waals surface area contributed by atoms with Crippen molar-refractivity contribution in [3.05, 3.63) is 101 Å². The van der Waals surface area contributed by atoms with Gasteiger partial charge in [-0.25, -0.2) is 0 Å². The molecule has 0 radical (unpaired) electrons. The molecule has 4 rings (SSSR count). The van der Waals surface area contributed by atoms with Gasteiger partial charge in [-0.15, -0.1) is 0 Å². The number of nitrogens with zero attached hydrogens (tertiary/aromatic N) is 1. The zero-order chi connectivity index (χ0) is 26.0. The molecular weight excluding hydrogens is 484 g/mol. The summed E-state index contributed by atoms with van der Waals surface area (Å²) in [5.41, 5.74) is 2.68. The van der Waals surface area contributed by atoms with E-state index in [4.69, 9.17) is 16.3 Å². The van der Waals surface area contributed by atoms with Gasteiger partial charge < -0.3 is 15.0 Å². The molecule has 1 aliphatic carbocycles. The number of amides is 2. The van der Waals surface area contributed by atoms with Crippen LogP contribution >= 0.6 is 11.6 Å². The van der Waals surface area contributed by atoms with Crippen LogP contribution in [0.1, 0.15) is 48.8 Å². The van der Waals surface area contributed by atoms with E-state index in [0.717, 1.165) is 48.1 Å². The second-order valence-electron chi connectivity index (χ2n) is 9.69. The molecular formula is C31H35ClN2O3.